The van der Waals surface area contributed by atoms with Gasteiger partial charge in [0.05, 0.1) is 23.2 Å². The van der Waals surface area contributed by atoms with Gasteiger partial charge in [0, 0.05) is 5.92 Å². The zero-order chi connectivity index (χ0) is 26.0. The molecule has 0 amide bonds. The van der Waals surface area contributed by atoms with Crippen LogP contribution in [0.2, 0.25) is 0 Å². The smallest absolute Gasteiger partial charge is 0.310 e. The van der Waals surface area contributed by atoms with Crippen LogP contribution in [0.3, 0.4) is 0 Å². The first-order valence-corrected chi connectivity index (χ1v) is 14.0. The number of aliphatic hydroxyl groups is 3. The normalized spacial score (nSPS) is 57.1. The SMILES string of the molecule is C[C@H]1CC[C@@]2(C(=O)O)CC[C@@]3(C)C(=CC[C@H]4[C@]5(C)C[C@H](O)[C@H](O)C(C)(C)[C@H]5CC[C@@]43C)[C@H]2[C@@]1(C)O. The van der Waals surface area contributed by atoms with Crippen LogP contribution in [0.1, 0.15) is 99.8 Å². The van der Waals surface area contributed by atoms with Gasteiger partial charge in [-0.25, -0.2) is 0 Å². The average molecular weight is 489 g/mol. The summed E-state index contributed by atoms with van der Waals surface area (Å²) in [6, 6.07) is 0. The second-order valence-electron chi connectivity index (χ2n) is 14.9. The quantitative estimate of drug-likeness (QED) is 0.382. The van der Waals surface area contributed by atoms with E-state index in [0.29, 0.717) is 31.1 Å². The highest BCUT2D eigenvalue weighted by Gasteiger charge is 2.71. The number of fused-ring (bicyclic) bond motifs is 7. The zero-order valence-corrected chi connectivity index (χ0v) is 22.9. The van der Waals surface area contributed by atoms with Gasteiger partial charge in [-0.2, -0.15) is 0 Å². The summed E-state index contributed by atoms with van der Waals surface area (Å²) in [6.45, 7) is 15.3. The molecule has 5 aliphatic carbocycles. The van der Waals surface area contributed by atoms with Crippen LogP contribution in [0.25, 0.3) is 0 Å². The zero-order valence-electron chi connectivity index (χ0n) is 22.9. The maximum atomic E-state index is 12.8. The number of hydrogen-bond donors (Lipinski definition) is 4. The molecule has 198 valence electrons. The maximum Gasteiger partial charge on any atom is 0.310 e. The van der Waals surface area contributed by atoms with Crippen LogP contribution in [0.15, 0.2) is 11.6 Å². The molecule has 0 saturated heterocycles. The van der Waals surface area contributed by atoms with Gasteiger partial charge in [-0.15, -0.1) is 0 Å². The van der Waals surface area contributed by atoms with Crippen molar-refractivity contribution in [1.82, 2.24) is 0 Å². The molecule has 0 heterocycles. The molecule has 0 aromatic rings. The van der Waals surface area contributed by atoms with Crippen molar-refractivity contribution in [2.24, 2.45) is 50.7 Å². The summed E-state index contributed by atoms with van der Waals surface area (Å²) >= 11 is 0. The first-order chi connectivity index (χ1) is 16.0. The molecule has 5 aliphatic rings. The van der Waals surface area contributed by atoms with E-state index in [2.05, 4.69) is 47.6 Å². The van der Waals surface area contributed by atoms with Crippen LogP contribution in [-0.2, 0) is 4.79 Å². The van der Waals surface area contributed by atoms with Crippen molar-refractivity contribution in [2.75, 3.05) is 0 Å². The predicted molar refractivity (Wildman–Crippen MR) is 135 cm³/mol. The van der Waals surface area contributed by atoms with Gasteiger partial charge in [0.1, 0.15) is 0 Å². The number of carboxylic acid groups (broad SMARTS) is 1. The number of carboxylic acids is 1. The molecule has 0 spiro atoms. The molecule has 5 nitrogen and oxygen atoms in total. The van der Waals surface area contributed by atoms with E-state index in [1.165, 1.54) is 5.57 Å². The monoisotopic (exact) mass is 488 g/mol. The lowest BCUT2D eigenvalue weighted by atomic mass is 9.33. The third kappa shape index (κ3) is 2.90. The highest BCUT2D eigenvalue weighted by molar-refractivity contribution is 5.77. The highest BCUT2D eigenvalue weighted by Crippen LogP contribution is 2.76. The van der Waals surface area contributed by atoms with Crippen LogP contribution in [0.5, 0.6) is 0 Å². The minimum atomic E-state index is -1.05. The van der Waals surface area contributed by atoms with Crippen molar-refractivity contribution >= 4 is 5.97 Å². The molecule has 0 radical (unpaired) electrons. The number of rotatable bonds is 1. The number of aliphatic hydroxyl groups excluding tert-OH is 2. The Bertz CT molecular complexity index is 952. The summed E-state index contributed by atoms with van der Waals surface area (Å²) in [6.07, 6.45) is 7.21. The molecule has 4 fully saturated rings. The Hall–Kier alpha value is -0.910. The lowest BCUT2D eigenvalue weighted by Crippen LogP contribution is -2.68. The minimum absolute atomic E-state index is 0.0535. The fraction of sp³-hybridized carbons (Fsp3) is 0.900. The van der Waals surface area contributed by atoms with Gasteiger partial charge < -0.3 is 20.4 Å². The highest BCUT2D eigenvalue weighted by atomic mass is 16.4. The third-order valence-electron chi connectivity index (χ3n) is 13.4. The van der Waals surface area contributed by atoms with Gasteiger partial charge in [-0.1, -0.05) is 53.2 Å². The summed E-state index contributed by atoms with van der Waals surface area (Å²) in [4.78, 5) is 12.8. The van der Waals surface area contributed by atoms with Crippen LogP contribution >= 0.6 is 0 Å². The van der Waals surface area contributed by atoms with Gasteiger partial charge >= 0.3 is 5.97 Å². The largest absolute Gasteiger partial charge is 0.481 e. The summed E-state index contributed by atoms with van der Waals surface area (Å²) in [5, 5.41) is 44.3. The van der Waals surface area contributed by atoms with E-state index in [9.17, 15) is 25.2 Å². The summed E-state index contributed by atoms with van der Waals surface area (Å²) < 4.78 is 0. The van der Waals surface area contributed by atoms with E-state index in [4.69, 9.17) is 0 Å². The van der Waals surface area contributed by atoms with Crippen molar-refractivity contribution < 1.29 is 25.2 Å². The summed E-state index contributed by atoms with van der Waals surface area (Å²) in [5.41, 5.74) is -1.46. The number of carbonyl (C=O) groups is 1. The Morgan fingerprint density at radius 2 is 1.60 bits per heavy atom. The molecule has 5 rings (SSSR count). The molecular formula is C30H48O5. The standard InChI is InChI=1S/C30H48O5/c1-17-10-13-30(24(33)34)15-14-27(5)18(22(30)29(17,7)35)8-9-21-26(4)16-19(31)23(32)25(2,3)20(26)11-12-28(21,27)6/h8,17,19-23,31-32,35H,9-16H2,1-7H3,(H,33,34)/t17-,19-,20+,21-,22-,23-,26+,27-,28-,29-,30+/m0/s1. The Morgan fingerprint density at radius 3 is 2.23 bits per heavy atom. The fourth-order valence-electron chi connectivity index (χ4n) is 11.0. The van der Waals surface area contributed by atoms with Gasteiger partial charge in [0.15, 0.2) is 0 Å². The molecule has 35 heavy (non-hydrogen) atoms. The van der Waals surface area contributed by atoms with Crippen molar-refractivity contribution in [3.8, 4) is 0 Å². The van der Waals surface area contributed by atoms with E-state index < -0.39 is 29.2 Å². The molecule has 0 bridgehead atoms. The Labute approximate surface area is 211 Å². The lowest BCUT2D eigenvalue weighted by molar-refractivity contribution is -0.237. The Morgan fingerprint density at radius 1 is 0.943 bits per heavy atom. The maximum absolute atomic E-state index is 12.8. The summed E-state index contributed by atoms with van der Waals surface area (Å²) in [5.74, 6) is -0.394. The van der Waals surface area contributed by atoms with E-state index in [-0.39, 0.29) is 33.5 Å². The molecule has 5 heteroatoms. The van der Waals surface area contributed by atoms with E-state index in [1.54, 1.807) is 0 Å². The Kier molecular flexibility index (Phi) is 5.40. The number of aliphatic carboxylic acids is 1. The van der Waals surface area contributed by atoms with Crippen molar-refractivity contribution in [2.45, 2.75) is 118 Å². The second-order valence-corrected chi connectivity index (χ2v) is 14.9. The lowest BCUT2D eigenvalue weighted by Gasteiger charge is -2.72. The summed E-state index contributed by atoms with van der Waals surface area (Å²) in [7, 11) is 0. The second kappa shape index (κ2) is 7.35. The van der Waals surface area contributed by atoms with Crippen LogP contribution in [-0.4, -0.2) is 44.2 Å². The minimum Gasteiger partial charge on any atom is -0.481 e. The van der Waals surface area contributed by atoms with Gasteiger partial charge in [-0.3, -0.25) is 4.79 Å². The topological polar surface area (TPSA) is 98.0 Å². The van der Waals surface area contributed by atoms with Gasteiger partial charge in [0.25, 0.3) is 0 Å². The van der Waals surface area contributed by atoms with Gasteiger partial charge in [0.2, 0.25) is 0 Å². The average Bonchev–Trinajstić information content (AvgIpc) is 2.75. The molecular weight excluding hydrogens is 440 g/mol. The molecule has 0 unspecified atom stereocenters. The van der Waals surface area contributed by atoms with Crippen LogP contribution in [0, 0.1) is 50.7 Å². The van der Waals surface area contributed by atoms with E-state index >= 15 is 0 Å². The molecule has 4 N–H and O–H groups in total. The van der Waals surface area contributed by atoms with Gasteiger partial charge in [-0.05, 0) is 97.7 Å². The van der Waals surface area contributed by atoms with Crippen LogP contribution < -0.4 is 0 Å². The Balaban J connectivity index is 1.65. The molecule has 0 aliphatic heterocycles. The van der Waals surface area contributed by atoms with Crippen molar-refractivity contribution in [3.05, 3.63) is 11.6 Å². The molecule has 0 aromatic carbocycles. The predicted octanol–water partition coefficient (Wildman–Crippen LogP) is 5.18. The van der Waals surface area contributed by atoms with Crippen molar-refractivity contribution in [3.63, 3.8) is 0 Å². The molecule has 11 atom stereocenters. The van der Waals surface area contributed by atoms with E-state index in [1.807, 2.05) is 6.92 Å². The fourth-order valence-corrected chi connectivity index (χ4v) is 11.0. The first kappa shape index (κ1) is 25.7. The number of hydrogen-bond acceptors (Lipinski definition) is 4. The molecule has 4 saturated carbocycles. The first-order valence-electron chi connectivity index (χ1n) is 14.0. The molecule has 0 aromatic heterocycles. The number of allylic oxidation sites excluding steroid dienone is 1. The van der Waals surface area contributed by atoms with Crippen molar-refractivity contribution in [1.29, 1.82) is 0 Å². The van der Waals surface area contributed by atoms with E-state index in [0.717, 1.165) is 32.1 Å². The van der Waals surface area contributed by atoms with Crippen LogP contribution in [0.4, 0.5) is 0 Å². The third-order valence-corrected chi connectivity index (χ3v) is 13.4.